The highest BCUT2D eigenvalue weighted by Gasteiger charge is 2.20. The van der Waals surface area contributed by atoms with Gasteiger partial charge in [0.2, 0.25) is 5.91 Å². The Kier molecular flexibility index (Phi) is 4.45. The van der Waals surface area contributed by atoms with E-state index in [-0.39, 0.29) is 12.0 Å². The van der Waals surface area contributed by atoms with Gasteiger partial charge in [0.15, 0.2) is 0 Å². The fourth-order valence-corrected chi connectivity index (χ4v) is 2.62. The molecule has 0 radical (unpaired) electrons. The van der Waals surface area contributed by atoms with Gasteiger partial charge in [-0.1, -0.05) is 18.2 Å². The van der Waals surface area contributed by atoms with Crippen molar-refractivity contribution in [1.82, 2.24) is 4.90 Å². The molecule has 1 aromatic rings. The largest absolute Gasteiger partial charge is 0.375 e. The molecule has 17 heavy (non-hydrogen) atoms. The first-order chi connectivity index (χ1) is 8.25. The monoisotopic (exact) mass is 251 g/mol. The van der Waals surface area contributed by atoms with E-state index < -0.39 is 0 Å². The molecule has 92 valence electrons. The molecule has 1 aliphatic heterocycles. The van der Waals surface area contributed by atoms with Crippen molar-refractivity contribution in [3.8, 4) is 0 Å². The van der Waals surface area contributed by atoms with Gasteiger partial charge < -0.3 is 9.64 Å². The predicted molar refractivity (Wildman–Crippen MR) is 69.2 cm³/mol. The summed E-state index contributed by atoms with van der Waals surface area (Å²) in [6, 6.07) is 10.0. The van der Waals surface area contributed by atoms with E-state index in [0.29, 0.717) is 18.9 Å². The molecule has 0 spiro atoms. The summed E-state index contributed by atoms with van der Waals surface area (Å²) in [6.07, 6.45) is 0.162. The van der Waals surface area contributed by atoms with Gasteiger partial charge >= 0.3 is 0 Å². The average Bonchev–Trinajstić information content (AvgIpc) is 2.37. The van der Waals surface area contributed by atoms with Gasteiger partial charge in [-0.05, 0) is 19.1 Å². The van der Waals surface area contributed by atoms with Crippen molar-refractivity contribution in [3.63, 3.8) is 0 Å². The Hall–Kier alpha value is -1.00. The zero-order chi connectivity index (χ0) is 12.1. The lowest BCUT2D eigenvalue weighted by molar-refractivity contribution is -0.135. The topological polar surface area (TPSA) is 29.5 Å². The van der Waals surface area contributed by atoms with Crippen LogP contribution in [0.2, 0.25) is 0 Å². The molecular formula is C13H17NO2S. The fraction of sp³-hybridized carbons (Fsp3) is 0.462. The third-order valence-electron chi connectivity index (χ3n) is 2.70. The summed E-state index contributed by atoms with van der Waals surface area (Å²) in [7, 11) is 0. The molecule has 0 N–H and O–H groups in total. The van der Waals surface area contributed by atoms with Crippen LogP contribution < -0.4 is 0 Å². The van der Waals surface area contributed by atoms with E-state index in [1.54, 1.807) is 11.8 Å². The summed E-state index contributed by atoms with van der Waals surface area (Å²) in [5, 5.41) is 0. The van der Waals surface area contributed by atoms with Crippen molar-refractivity contribution in [1.29, 1.82) is 0 Å². The van der Waals surface area contributed by atoms with Gasteiger partial charge in [-0.15, -0.1) is 11.8 Å². The van der Waals surface area contributed by atoms with E-state index in [1.165, 1.54) is 0 Å². The van der Waals surface area contributed by atoms with E-state index in [0.717, 1.165) is 11.4 Å². The van der Waals surface area contributed by atoms with E-state index in [9.17, 15) is 4.79 Å². The summed E-state index contributed by atoms with van der Waals surface area (Å²) in [5.41, 5.74) is 0. The summed E-state index contributed by atoms with van der Waals surface area (Å²) in [4.78, 5) is 15.0. The molecule has 1 atom stereocenters. The molecule has 0 aromatic heterocycles. The lowest BCUT2D eigenvalue weighted by Crippen LogP contribution is -2.45. The number of carbonyl (C=O) groups is 1. The highest BCUT2D eigenvalue weighted by molar-refractivity contribution is 8.00. The average molecular weight is 251 g/mol. The molecule has 0 aliphatic carbocycles. The number of nitrogens with zero attached hydrogens (tertiary/aromatic N) is 1. The van der Waals surface area contributed by atoms with Crippen LogP contribution in [0.4, 0.5) is 0 Å². The lowest BCUT2D eigenvalue weighted by atomic mass is 10.3. The Morgan fingerprint density at radius 2 is 2.24 bits per heavy atom. The highest BCUT2D eigenvalue weighted by atomic mass is 32.2. The number of morpholine rings is 1. The molecule has 1 amide bonds. The molecule has 1 fully saturated rings. The molecule has 3 nitrogen and oxygen atoms in total. The maximum Gasteiger partial charge on any atom is 0.233 e. The van der Waals surface area contributed by atoms with Gasteiger partial charge in [0, 0.05) is 18.0 Å². The van der Waals surface area contributed by atoms with Crippen molar-refractivity contribution >= 4 is 17.7 Å². The standard InChI is InChI=1S/C13H17NO2S/c1-11-9-14(7-8-16-11)13(15)10-17-12-5-3-2-4-6-12/h2-6,11H,7-10H2,1H3. The first-order valence-corrected chi connectivity index (χ1v) is 6.81. The first kappa shape index (κ1) is 12.5. The molecule has 1 aliphatic rings. The van der Waals surface area contributed by atoms with Crippen LogP contribution >= 0.6 is 11.8 Å². The Balaban J connectivity index is 1.81. The summed E-state index contributed by atoms with van der Waals surface area (Å²) in [6.45, 7) is 4.10. The van der Waals surface area contributed by atoms with Crippen molar-refractivity contribution in [3.05, 3.63) is 30.3 Å². The van der Waals surface area contributed by atoms with Crippen molar-refractivity contribution < 1.29 is 9.53 Å². The minimum Gasteiger partial charge on any atom is -0.375 e. The van der Waals surface area contributed by atoms with Gasteiger partial charge in [-0.25, -0.2) is 0 Å². The van der Waals surface area contributed by atoms with Crippen LogP contribution in [0.5, 0.6) is 0 Å². The molecule has 1 unspecified atom stereocenters. The normalized spacial score (nSPS) is 20.3. The molecule has 1 saturated heterocycles. The minimum absolute atomic E-state index is 0.162. The Morgan fingerprint density at radius 1 is 1.47 bits per heavy atom. The van der Waals surface area contributed by atoms with Gasteiger partial charge in [0.25, 0.3) is 0 Å². The summed E-state index contributed by atoms with van der Waals surface area (Å²) in [5.74, 6) is 0.713. The molecule has 2 rings (SSSR count). The molecule has 4 heteroatoms. The van der Waals surface area contributed by atoms with Gasteiger partial charge in [0.1, 0.15) is 0 Å². The molecule has 1 aromatic carbocycles. The number of carbonyl (C=O) groups excluding carboxylic acids is 1. The number of hydrogen-bond donors (Lipinski definition) is 0. The second-order valence-corrected chi connectivity index (χ2v) is 5.17. The van der Waals surface area contributed by atoms with Crippen molar-refractivity contribution in [2.75, 3.05) is 25.4 Å². The van der Waals surface area contributed by atoms with Crippen molar-refractivity contribution in [2.24, 2.45) is 0 Å². The number of benzene rings is 1. The van der Waals surface area contributed by atoms with Crippen molar-refractivity contribution in [2.45, 2.75) is 17.9 Å². The summed E-state index contributed by atoms with van der Waals surface area (Å²) < 4.78 is 5.42. The molecule has 1 heterocycles. The summed E-state index contributed by atoms with van der Waals surface area (Å²) >= 11 is 1.59. The van der Waals surface area contributed by atoms with Crippen LogP contribution in [0, 0.1) is 0 Å². The zero-order valence-electron chi connectivity index (χ0n) is 9.96. The van der Waals surface area contributed by atoms with E-state index >= 15 is 0 Å². The maximum atomic E-state index is 12.0. The van der Waals surface area contributed by atoms with E-state index in [1.807, 2.05) is 42.2 Å². The van der Waals surface area contributed by atoms with Crippen LogP contribution in [0.1, 0.15) is 6.92 Å². The molecule has 0 bridgehead atoms. The molecular weight excluding hydrogens is 234 g/mol. The molecule has 0 saturated carbocycles. The van der Waals surface area contributed by atoms with Crippen LogP contribution in [0.3, 0.4) is 0 Å². The quantitative estimate of drug-likeness (QED) is 0.770. The fourth-order valence-electron chi connectivity index (χ4n) is 1.80. The van der Waals surface area contributed by atoms with Crippen LogP contribution in [0.15, 0.2) is 35.2 Å². The zero-order valence-corrected chi connectivity index (χ0v) is 10.8. The Labute approximate surface area is 106 Å². The van der Waals surface area contributed by atoms with Gasteiger partial charge in [-0.2, -0.15) is 0 Å². The van der Waals surface area contributed by atoms with Crippen LogP contribution in [-0.4, -0.2) is 42.4 Å². The number of rotatable bonds is 3. The minimum atomic E-state index is 0.162. The SMILES string of the molecule is CC1CN(C(=O)CSc2ccccc2)CCO1. The third kappa shape index (κ3) is 3.75. The first-order valence-electron chi connectivity index (χ1n) is 5.83. The van der Waals surface area contributed by atoms with Gasteiger partial charge in [0.05, 0.1) is 18.5 Å². The Bertz CT molecular complexity index is 369. The van der Waals surface area contributed by atoms with E-state index in [2.05, 4.69) is 0 Å². The number of hydrogen-bond acceptors (Lipinski definition) is 3. The second-order valence-electron chi connectivity index (χ2n) is 4.12. The van der Waals surface area contributed by atoms with Crippen LogP contribution in [-0.2, 0) is 9.53 Å². The third-order valence-corrected chi connectivity index (χ3v) is 3.70. The van der Waals surface area contributed by atoms with Crippen LogP contribution in [0.25, 0.3) is 0 Å². The van der Waals surface area contributed by atoms with E-state index in [4.69, 9.17) is 4.74 Å². The highest BCUT2D eigenvalue weighted by Crippen LogP contribution is 2.18. The predicted octanol–water partition coefficient (Wildman–Crippen LogP) is 2.03. The smallest absolute Gasteiger partial charge is 0.233 e. The van der Waals surface area contributed by atoms with Gasteiger partial charge in [-0.3, -0.25) is 4.79 Å². The Morgan fingerprint density at radius 3 is 2.94 bits per heavy atom. The number of amides is 1. The number of ether oxygens (including phenoxy) is 1. The maximum absolute atomic E-state index is 12.0. The number of thioether (sulfide) groups is 1. The lowest BCUT2D eigenvalue weighted by Gasteiger charge is -2.31. The second kappa shape index (κ2) is 6.07.